The summed E-state index contributed by atoms with van der Waals surface area (Å²) >= 11 is 0. The highest BCUT2D eigenvalue weighted by Crippen LogP contribution is 2.14. The molecule has 1 aliphatic rings. The van der Waals surface area contributed by atoms with Crippen LogP contribution in [0.4, 0.5) is 0 Å². The molecule has 2 atom stereocenters. The summed E-state index contributed by atoms with van der Waals surface area (Å²) in [6, 6.07) is -0.605. The van der Waals surface area contributed by atoms with Gasteiger partial charge in [0.25, 0.3) is 0 Å². The molecule has 1 rings (SSSR count). The van der Waals surface area contributed by atoms with E-state index in [9.17, 15) is 9.59 Å². The first-order valence-corrected chi connectivity index (χ1v) is 6.88. The van der Waals surface area contributed by atoms with E-state index in [1.165, 1.54) is 0 Å². The number of carboxylic acids is 1. The monoisotopic (exact) mass is 288 g/mol. The van der Waals surface area contributed by atoms with Gasteiger partial charge in [0.15, 0.2) is 0 Å². The molecular formula is C13H24N2O5. The molecule has 0 spiro atoms. The quantitative estimate of drug-likeness (QED) is 0.596. The smallest absolute Gasteiger partial charge is 0.305 e. The summed E-state index contributed by atoms with van der Waals surface area (Å²) in [5, 5.41) is 11.7. The molecule has 1 aliphatic heterocycles. The molecule has 7 heteroatoms. The van der Waals surface area contributed by atoms with E-state index in [1.807, 2.05) is 4.90 Å². The topological polar surface area (TPSA) is 88.1 Å². The van der Waals surface area contributed by atoms with Crippen molar-refractivity contribution in [1.82, 2.24) is 10.2 Å². The lowest BCUT2D eigenvalue weighted by Gasteiger charge is -2.38. The lowest BCUT2D eigenvalue weighted by molar-refractivity contribution is -0.143. The Morgan fingerprint density at radius 1 is 1.55 bits per heavy atom. The van der Waals surface area contributed by atoms with Crippen molar-refractivity contribution in [3.05, 3.63) is 0 Å². The molecule has 1 amide bonds. The predicted octanol–water partition coefficient (Wildman–Crippen LogP) is -0.297. The number of carbonyl (C=O) groups is 2. The normalized spacial score (nSPS) is 21.4. The fourth-order valence-electron chi connectivity index (χ4n) is 2.28. The molecule has 2 N–H and O–H groups in total. The second kappa shape index (κ2) is 8.89. The van der Waals surface area contributed by atoms with Crippen molar-refractivity contribution in [2.75, 3.05) is 40.0 Å². The number of nitrogens with one attached hydrogen (secondary N) is 1. The third kappa shape index (κ3) is 5.44. The van der Waals surface area contributed by atoms with Crippen molar-refractivity contribution in [2.45, 2.75) is 31.8 Å². The summed E-state index contributed by atoms with van der Waals surface area (Å²) < 4.78 is 10.2. The fourth-order valence-corrected chi connectivity index (χ4v) is 2.28. The SMILES string of the molecule is COCCCNC(=O)C(C)N1CCOCC1CC(=O)O. The van der Waals surface area contributed by atoms with Gasteiger partial charge in [-0.2, -0.15) is 0 Å². The highest BCUT2D eigenvalue weighted by Gasteiger charge is 2.31. The van der Waals surface area contributed by atoms with Gasteiger partial charge in [0, 0.05) is 32.8 Å². The zero-order valence-corrected chi connectivity index (χ0v) is 12.1. The summed E-state index contributed by atoms with van der Waals surface area (Å²) in [6.07, 6.45) is 0.748. The zero-order valence-electron chi connectivity index (χ0n) is 12.1. The van der Waals surface area contributed by atoms with Crippen LogP contribution in [-0.2, 0) is 19.1 Å². The van der Waals surface area contributed by atoms with Gasteiger partial charge >= 0.3 is 5.97 Å². The number of nitrogens with zero attached hydrogens (tertiary/aromatic N) is 1. The number of hydrogen-bond donors (Lipinski definition) is 2. The number of ether oxygens (including phenoxy) is 2. The largest absolute Gasteiger partial charge is 0.481 e. The van der Waals surface area contributed by atoms with Gasteiger partial charge in [-0.25, -0.2) is 0 Å². The molecule has 0 bridgehead atoms. The number of morpholine rings is 1. The van der Waals surface area contributed by atoms with Gasteiger partial charge in [-0.05, 0) is 13.3 Å². The van der Waals surface area contributed by atoms with E-state index in [1.54, 1.807) is 14.0 Å². The number of carbonyl (C=O) groups excluding carboxylic acids is 1. The van der Waals surface area contributed by atoms with Crippen molar-refractivity contribution in [2.24, 2.45) is 0 Å². The van der Waals surface area contributed by atoms with Gasteiger partial charge in [0.05, 0.1) is 25.7 Å². The summed E-state index contributed by atoms with van der Waals surface area (Å²) in [4.78, 5) is 24.8. The van der Waals surface area contributed by atoms with Crippen LogP contribution in [-0.4, -0.2) is 74.0 Å². The van der Waals surface area contributed by atoms with Gasteiger partial charge < -0.3 is 19.9 Å². The maximum Gasteiger partial charge on any atom is 0.305 e. The van der Waals surface area contributed by atoms with Crippen LogP contribution < -0.4 is 5.32 Å². The van der Waals surface area contributed by atoms with Crippen LogP contribution in [0.3, 0.4) is 0 Å². The number of hydrogen-bond acceptors (Lipinski definition) is 5. The first kappa shape index (κ1) is 16.9. The molecule has 0 saturated carbocycles. The van der Waals surface area contributed by atoms with Crippen LogP contribution in [0.25, 0.3) is 0 Å². The Labute approximate surface area is 119 Å². The second-order valence-electron chi connectivity index (χ2n) is 4.88. The number of carboxylic acid groups (broad SMARTS) is 1. The van der Waals surface area contributed by atoms with Crippen LogP contribution in [0.2, 0.25) is 0 Å². The van der Waals surface area contributed by atoms with E-state index in [0.717, 1.165) is 6.42 Å². The van der Waals surface area contributed by atoms with E-state index in [-0.39, 0.29) is 24.4 Å². The lowest BCUT2D eigenvalue weighted by Crippen LogP contribution is -2.55. The van der Waals surface area contributed by atoms with E-state index < -0.39 is 5.97 Å². The van der Waals surface area contributed by atoms with Crippen molar-refractivity contribution in [3.8, 4) is 0 Å². The van der Waals surface area contributed by atoms with Gasteiger partial charge in [-0.3, -0.25) is 14.5 Å². The number of methoxy groups -OCH3 is 1. The van der Waals surface area contributed by atoms with Gasteiger partial charge in [-0.1, -0.05) is 0 Å². The number of rotatable bonds is 8. The summed E-state index contributed by atoms with van der Waals surface area (Å²) in [7, 11) is 1.62. The van der Waals surface area contributed by atoms with Crippen molar-refractivity contribution in [1.29, 1.82) is 0 Å². The van der Waals surface area contributed by atoms with E-state index in [0.29, 0.717) is 32.9 Å². The molecule has 2 unspecified atom stereocenters. The first-order valence-electron chi connectivity index (χ1n) is 6.88. The maximum atomic E-state index is 12.1. The lowest BCUT2D eigenvalue weighted by atomic mass is 10.1. The van der Waals surface area contributed by atoms with Gasteiger partial charge in [0.2, 0.25) is 5.91 Å². The minimum absolute atomic E-state index is 0.0126. The van der Waals surface area contributed by atoms with Crippen LogP contribution in [0.15, 0.2) is 0 Å². The molecule has 1 saturated heterocycles. The summed E-state index contributed by atoms with van der Waals surface area (Å²) in [5.41, 5.74) is 0. The van der Waals surface area contributed by atoms with Crippen molar-refractivity contribution < 1.29 is 24.2 Å². The molecule has 0 radical (unpaired) electrons. The summed E-state index contributed by atoms with van der Waals surface area (Å²) in [6.45, 7) is 4.42. The van der Waals surface area contributed by atoms with E-state index >= 15 is 0 Å². The maximum absolute atomic E-state index is 12.1. The second-order valence-corrected chi connectivity index (χ2v) is 4.88. The molecular weight excluding hydrogens is 264 g/mol. The van der Waals surface area contributed by atoms with E-state index in [4.69, 9.17) is 14.6 Å². The zero-order chi connectivity index (χ0) is 15.0. The predicted molar refractivity (Wildman–Crippen MR) is 72.5 cm³/mol. The number of amides is 1. The third-order valence-corrected chi connectivity index (χ3v) is 3.38. The average molecular weight is 288 g/mol. The molecule has 0 aromatic rings. The van der Waals surface area contributed by atoms with Crippen LogP contribution in [0.5, 0.6) is 0 Å². The molecule has 0 aliphatic carbocycles. The average Bonchev–Trinajstić information content (AvgIpc) is 2.42. The molecule has 0 aromatic carbocycles. The first-order chi connectivity index (χ1) is 9.56. The Bertz CT molecular complexity index is 324. The molecule has 20 heavy (non-hydrogen) atoms. The Balaban J connectivity index is 2.46. The van der Waals surface area contributed by atoms with Crippen molar-refractivity contribution in [3.63, 3.8) is 0 Å². The molecule has 0 aromatic heterocycles. The van der Waals surface area contributed by atoms with Crippen LogP contribution in [0.1, 0.15) is 19.8 Å². The molecule has 7 nitrogen and oxygen atoms in total. The fraction of sp³-hybridized carbons (Fsp3) is 0.846. The molecule has 116 valence electrons. The van der Waals surface area contributed by atoms with Crippen LogP contribution >= 0.6 is 0 Å². The standard InChI is InChI=1S/C13H24N2O5/c1-10(13(18)14-4-3-6-19-2)15-5-7-20-9-11(15)8-12(16)17/h10-11H,3-9H2,1-2H3,(H,14,18)(H,16,17). The highest BCUT2D eigenvalue weighted by atomic mass is 16.5. The molecule has 1 heterocycles. The minimum Gasteiger partial charge on any atom is -0.481 e. The van der Waals surface area contributed by atoms with Gasteiger partial charge in [-0.15, -0.1) is 0 Å². The minimum atomic E-state index is -0.877. The highest BCUT2D eigenvalue weighted by molar-refractivity contribution is 5.81. The Kier molecular flexibility index (Phi) is 7.50. The van der Waals surface area contributed by atoms with Gasteiger partial charge in [0.1, 0.15) is 0 Å². The summed E-state index contributed by atoms with van der Waals surface area (Å²) in [5.74, 6) is -0.961. The number of aliphatic carboxylic acids is 1. The Morgan fingerprint density at radius 3 is 2.95 bits per heavy atom. The van der Waals surface area contributed by atoms with Crippen LogP contribution in [0, 0.1) is 0 Å². The van der Waals surface area contributed by atoms with E-state index in [2.05, 4.69) is 5.32 Å². The third-order valence-electron chi connectivity index (χ3n) is 3.38. The Morgan fingerprint density at radius 2 is 2.30 bits per heavy atom. The molecule has 1 fully saturated rings. The Hall–Kier alpha value is -1.18. The van der Waals surface area contributed by atoms with Crippen molar-refractivity contribution >= 4 is 11.9 Å².